The number of carbonyl (C=O) groups excluding carboxylic acids is 3. The molecule has 0 unspecified atom stereocenters. The van der Waals surface area contributed by atoms with Crippen LogP contribution in [0.2, 0.25) is 0 Å². The molecule has 0 spiro atoms. The number of carbonyl (C=O) groups is 3. The third-order valence-electron chi connectivity index (χ3n) is 3.88. The molecular weight excluding hydrogens is 372 g/mol. The van der Waals surface area contributed by atoms with Crippen LogP contribution in [0.15, 0.2) is 73.1 Å². The van der Waals surface area contributed by atoms with Gasteiger partial charge in [0.2, 0.25) is 0 Å². The lowest BCUT2D eigenvalue weighted by Gasteiger charge is -2.11. The number of Topliss-reactive ketones (excluding diaryl/α,β-unsaturated/α-hetero) is 1. The number of hydrogen-bond acceptors (Lipinski definition) is 6. The van der Waals surface area contributed by atoms with E-state index in [0.29, 0.717) is 17.0 Å². The van der Waals surface area contributed by atoms with Crippen LogP contribution < -0.4 is 10.1 Å². The Kier molecular flexibility index (Phi) is 6.32. The first-order chi connectivity index (χ1) is 14.0. The average molecular weight is 390 g/mol. The average Bonchev–Trinajstić information content (AvgIpc) is 2.73. The van der Waals surface area contributed by atoms with E-state index in [0.717, 1.165) is 0 Å². The van der Waals surface area contributed by atoms with Crippen LogP contribution in [0.25, 0.3) is 0 Å². The highest BCUT2D eigenvalue weighted by atomic mass is 16.5. The summed E-state index contributed by atoms with van der Waals surface area (Å²) in [4.78, 5) is 40.2. The van der Waals surface area contributed by atoms with Gasteiger partial charge in [-0.05, 0) is 43.3 Å². The SMILES string of the molecule is CC(=O)c1ccccc1NC(=O)COC(=O)c1ccccc1Oc1cccnc1. The fourth-order valence-corrected chi connectivity index (χ4v) is 2.55. The Labute approximate surface area is 167 Å². The fourth-order valence-electron chi connectivity index (χ4n) is 2.55. The Morgan fingerprint density at radius 1 is 0.931 bits per heavy atom. The molecule has 0 radical (unpaired) electrons. The summed E-state index contributed by atoms with van der Waals surface area (Å²) in [7, 11) is 0. The highest BCUT2D eigenvalue weighted by molar-refractivity contribution is 6.04. The molecular formula is C22H18N2O5. The summed E-state index contributed by atoms with van der Waals surface area (Å²) >= 11 is 0. The minimum Gasteiger partial charge on any atom is -0.455 e. The molecule has 1 amide bonds. The summed E-state index contributed by atoms with van der Waals surface area (Å²) in [6.45, 7) is 0.899. The second kappa shape index (κ2) is 9.27. The summed E-state index contributed by atoms with van der Waals surface area (Å²) in [6.07, 6.45) is 3.12. The molecule has 3 rings (SSSR count). The minimum absolute atomic E-state index is 0.174. The number of aromatic nitrogens is 1. The number of ether oxygens (including phenoxy) is 2. The normalized spacial score (nSPS) is 10.1. The van der Waals surface area contributed by atoms with E-state index in [1.807, 2.05) is 0 Å². The number of ketones is 1. The monoisotopic (exact) mass is 390 g/mol. The molecule has 0 bridgehead atoms. The van der Waals surface area contributed by atoms with Crippen molar-refractivity contribution >= 4 is 23.3 Å². The van der Waals surface area contributed by atoms with E-state index >= 15 is 0 Å². The summed E-state index contributed by atoms with van der Waals surface area (Å²) in [5, 5.41) is 2.58. The number of para-hydroxylation sites is 2. The zero-order valence-corrected chi connectivity index (χ0v) is 15.6. The molecule has 146 valence electrons. The molecule has 1 heterocycles. The van der Waals surface area contributed by atoms with Gasteiger partial charge < -0.3 is 14.8 Å². The molecule has 1 N–H and O–H groups in total. The number of amides is 1. The molecule has 29 heavy (non-hydrogen) atoms. The maximum atomic E-state index is 12.4. The first-order valence-electron chi connectivity index (χ1n) is 8.78. The largest absolute Gasteiger partial charge is 0.455 e. The smallest absolute Gasteiger partial charge is 0.342 e. The lowest BCUT2D eigenvalue weighted by molar-refractivity contribution is -0.119. The van der Waals surface area contributed by atoms with Crippen LogP contribution in [0.3, 0.4) is 0 Å². The first kappa shape index (κ1) is 19.8. The van der Waals surface area contributed by atoms with Gasteiger partial charge in [0.05, 0.1) is 11.9 Å². The Balaban J connectivity index is 1.64. The molecule has 1 aromatic heterocycles. The molecule has 0 fully saturated rings. The predicted molar refractivity (Wildman–Crippen MR) is 106 cm³/mol. The van der Waals surface area contributed by atoms with E-state index in [9.17, 15) is 14.4 Å². The predicted octanol–water partition coefficient (Wildman–Crippen LogP) is 3.87. The molecule has 0 aliphatic heterocycles. The van der Waals surface area contributed by atoms with E-state index in [2.05, 4.69) is 10.3 Å². The Morgan fingerprint density at radius 2 is 1.66 bits per heavy atom. The van der Waals surface area contributed by atoms with Crippen molar-refractivity contribution in [2.45, 2.75) is 6.92 Å². The standard InChI is InChI=1S/C22H18N2O5/c1-15(25)17-8-2-4-10-19(17)24-21(26)14-28-22(27)18-9-3-5-11-20(18)29-16-7-6-12-23-13-16/h2-13H,14H2,1H3,(H,24,26). The molecule has 0 saturated heterocycles. The molecule has 3 aromatic rings. The van der Waals surface area contributed by atoms with E-state index in [1.165, 1.54) is 19.2 Å². The molecule has 0 saturated carbocycles. The van der Waals surface area contributed by atoms with Crippen LogP contribution in [-0.2, 0) is 9.53 Å². The maximum Gasteiger partial charge on any atom is 0.342 e. The van der Waals surface area contributed by atoms with Crippen molar-refractivity contribution in [3.8, 4) is 11.5 Å². The molecule has 7 nitrogen and oxygen atoms in total. The lowest BCUT2D eigenvalue weighted by atomic mass is 10.1. The highest BCUT2D eigenvalue weighted by Crippen LogP contribution is 2.25. The summed E-state index contributed by atoms with van der Waals surface area (Å²) in [6, 6.07) is 16.6. The van der Waals surface area contributed by atoms with E-state index < -0.39 is 18.5 Å². The van der Waals surface area contributed by atoms with Gasteiger partial charge in [-0.25, -0.2) is 4.79 Å². The quantitative estimate of drug-likeness (QED) is 0.486. The number of hydrogen-bond donors (Lipinski definition) is 1. The van der Waals surface area contributed by atoms with Crippen molar-refractivity contribution in [2.75, 3.05) is 11.9 Å². The number of benzene rings is 2. The summed E-state index contributed by atoms with van der Waals surface area (Å²) in [5.74, 6) is -0.698. The molecule has 0 aliphatic carbocycles. The minimum atomic E-state index is -0.709. The van der Waals surface area contributed by atoms with E-state index in [4.69, 9.17) is 9.47 Å². The van der Waals surface area contributed by atoms with Gasteiger partial charge in [-0.1, -0.05) is 24.3 Å². The Hall–Kier alpha value is -4.00. The molecule has 7 heteroatoms. The van der Waals surface area contributed by atoms with Gasteiger partial charge in [-0.3, -0.25) is 14.6 Å². The zero-order chi connectivity index (χ0) is 20.6. The number of esters is 1. The Bertz CT molecular complexity index is 1030. The van der Waals surface area contributed by atoms with Gasteiger partial charge in [0, 0.05) is 11.8 Å². The van der Waals surface area contributed by atoms with Gasteiger partial charge in [0.25, 0.3) is 5.91 Å². The first-order valence-corrected chi connectivity index (χ1v) is 8.78. The maximum absolute atomic E-state index is 12.4. The van der Waals surface area contributed by atoms with Crippen LogP contribution in [0.5, 0.6) is 11.5 Å². The molecule has 0 atom stereocenters. The second-order valence-electron chi connectivity index (χ2n) is 6.01. The summed E-state index contributed by atoms with van der Waals surface area (Å²) in [5.41, 5.74) is 0.914. The van der Waals surface area contributed by atoms with E-state index in [-0.39, 0.29) is 17.1 Å². The third kappa shape index (κ3) is 5.26. The zero-order valence-electron chi connectivity index (χ0n) is 15.6. The van der Waals surface area contributed by atoms with Gasteiger partial charge >= 0.3 is 5.97 Å². The second-order valence-corrected chi connectivity index (χ2v) is 6.01. The van der Waals surface area contributed by atoms with Crippen molar-refractivity contribution in [1.82, 2.24) is 4.98 Å². The van der Waals surface area contributed by atoms with Crippen LogP contribution >= 0.6 is 0 Å². The summed E-state index contributed by atoms with van der Waals surface area (Å²) < 4.78 is 10.8. The number of anilines is 1. The molecule has 2 aromatic carbocycles. The van der Waals surface area contributed by atoms with Crippen LogP contribution in [0.4, 0.5) is 5.69 Å². The Morgan fingerprint density at radius 3 is 2.38 bits per heavy atom. The van der Waals surface area contributed by atoms with Gasteiger partial charge in [-0.2, -0.15) is 0 Å². The number of rotatable bonds is 7. The van der Waals surface area contributed by atoms with Crippen LogP contribution in [0, 0.1) is 0 Å². The topological polar surface area (TPSA) is 94.6 Å². The van der Waals surface area contributed by atoms with Crippen molar-refractivity contribution in [1.29, 1.82) is 0 Å². The van der Waals surface area contributed by atoms with Gasteiger partial charge in [-0.15, -0.1) is 0 Å². The highest BCUT2D eigenvalue weighted by Gasteiger charge is 2.17. The number of nitrogens with zero attached hydrogens (tertiary/aromatic N) is 1. The van der Waals surface area contributed by atoms with Crippen LogP contribution in [-0.4, -0.2) is 29.3 Å². The van der Waals surface area contributed by atoms with Crippen molar-refractivity contribution < 1.29 is 23.9 Å². The lowest BCUT2D eigenvalue weighted by Crippen LogP contribution is -2.22. The van der Waals surface area contributed by atoms with Crippen molar-refractivity contribution in [2.24, 2.45) is 0 Å². The van der Waals surface area contributed by atoms with E-state index in [1.54, 1.807) is 60.8 Å². The number of nitrogens with one attached hydrogen (secondary N) is 1. The van der Waals surface area contributed by atoms with Gasteiger partial charge in [0.15, 0.2) is 12.4 Å². The van der Waals surface area contributed by atoms with Crippen molar-refractivity contribution in [3.05, 3.63) is 84.2 Å². The van der Waals surface area contributed by atoms with Gasteiger partial charge in [0.1, 0.15) is 17.1 Å². The van der Waals surface area contributed by atoms with Crippen molar-refractivity contribution in [3.63, 3.8) is 0 Å². The van der Waals surface area contributed by atoms with Crippen LogP contribution in [0.1, 0.15) is 27.6 Å². The molecule has 0 aliphatic rings. The fraction of sp³-hybridized carbons (Fsp3) is 0.0909. The number of pyridine rings is 1. The third-order valence-corrected chi connectivity index (χ3v) is 3.88.